The molecule has 1 saturated carbocycles. The number of carbonyl (C=O) groups is 2. The van der Waals surface area contributed by atoms with Crippen molar-refractivity contribution < 1.29 is 19.1 Å². The van der Waals surface area contributed by atoms with Gasteiger partial charge in [0, 0.05) is 23.7 Å². The maximum atomic E-state index is 13.1. The fourth-order valence-corrected chi connectivity index (χ4v) is 4.37. The molecule has 0 aromatic heterocycles. The molecule has 1 aliphatic carbocycles. The number of Topliss-reactive ketones (excluding diaryl/α,β-unsaturated/α-hetero) is 1. The van der Waals surface area contributed by atoms with E-state index in [4.69, 9.17) is 14.5 Å². The fourth-order valence-electron chi connectivity index (χ4n) is 4.37. The highest BCUT2D eigenvalue weighted by molar-refractivity contribution is 6.12. The summed E-state index contributed by atoms with van der Waals surface area (Å²) in [6.45, 7) is 10.6. The van der Waals surface area contributed by atoms with Gasteiger partial charge in [-0.15, -0.1) is 0 Å². The van der Waals surface area contributed by atoms with Gasteiger partial charge in [0.05, 0.1) is 24.7 Å². The van der Waals surface area contributed by atoms with Crippen LogP contribution >= 0.6 is 0 Å². The molecular weight excluding hydrogens is 354 g/mol. The van der Waals surface area contributed by atoms with E-state index in [1.54, 1.807) is 6.92 Å². The molecule has 3 rings (SSSR count). The van der Waals surface area contributed by atoms with E-state index in [0.717, 1.165) is 23.4 Å². The number of aliphatic imine (C=N–C) groups is 1. The van der Waals surface area contributed by atoms with E-state index in [0.29, 0.717) is 24.3 Å². The topological polar surface area (TPSA) is 65.0 Å². The highest BCUT2D eigenvalue weighted by Gasteiger charge is 2.47. The lowest BCUT2D eigenvalue weighted by atomic mass is 9.63. The van der Waals surface area contributed by atoms with E-state index in [1.165, 1.54) is 0 Å². The van der Waals surface area contributed by atoms with Gasteiger partial charge in [0.1, 0.15) is 11.5 Å². The molecule has 0 amide bonds. The van der Waals surface area contributed by atoms with Gasteiger partial charge < -0.3 is 9.47 Å². The van der Waals surface area contributed by atoms with Crippen LogP contribution in [0.5, 0.6) is 5.75 Å². The molecule has 0 radical (unpaired) electrons. The van der Waals surface area contributed by atoms with Crippen molar-refractivity contribution >= 4 is 17.5 Å². The maximum Gasteiger partial charge on any atom is 0.336 e. The zero-order valence-corrected chi connectivity index (χ0v) is 17.4. The van der Waals surface area contributed by atoms with Gasteiger partial charge in [0.2, 0.25) is 0 Å². The number of benzene rings is 1. The Kier molecular flexibility index (Phi) is 5.73. The first kappa shape index (κ1) is 20.3. The first-order valence-electron chi connectivity index (χ1n) is 9.98. The second kappa shape index (κ2) is 7.90. The molecule has 0 N–H and O–H groups in total. The van der Waals surface area contributed by atoms with Crippen LogP contribution in [0.3, 0.4) is 0 Å². The fraction of sp³-hybridized carbons (Fsp3) is 0.522. The zero-order chi connectivity index (χ0) is 20.5. The molecule has 1 heterocycles. The van der Waals surface area contributed by atoms with Gasteiger partial charge in [-0.2, -0.15) is 0 Å². The minimum atomic E-state index is -0.408. The van der Waals surface area contributed by atoms with Gasteiger partial charge >= 0.3 is 5.97 Å². The van der Waals surface area contributed by atoms with Gasteiger partial charge in [0.25, 0.3) is 0 Å². The molecule has 0 spiro atoms. The van der Waals surface area contributed by atoms with E-state index in [1.807, 2.05) is 38.1 Å². The van der Waals surface area contributed by atoms with Crippen LogP contribution in [0.1, 0.15) is 58.9 Å². The summed E-state index contributed by atoms with van der Waals surface area (Å²) >= 11 is 0. The molecule has 28 heavy (non-hydrogen) atoms. The Morgan fingerprint density at radius 1 is 1.11 bits per heavy atom. The van der Waals surface area contributed by atoms with E-state index in [-0.39, 0.29) is 29.7 Å². The molecule has 5 heteroatoms. The number of hydrogen-bond donors (Lipinski definition) is 0. The van der Waals surface area contributed by atoms with E-state index in [9.17, 15) is 9.59 Å². The largest absolute Gasteiger partial charge is 0.494 e. The second-order valence-electron chi connectivity index (χ2n) is 8.26. The Labute approximate surface area is 166 Å². The average molecular weight is 383 g/mol. The van der Waals surface area contributed by atoms with Crippen molar-refractivity contribution in [3.05, 3.63) is 41.1 Å². The van der Waals surface area contributed by atoms with Crippen LogP contribution in [0.25, 0.3) is 0 Å². The molecule has 1 aromatic rings. The number of rotatable bonds is 5. The van der Waals surface area contributed by atoms with Crippen molar-refractivity contribution in [1.29, 1.82) is 0 Å². The number of esters is 1. The molecule has 5 nitrogen and oxygen atoms in total. The van der Waals surface area contributed by atoms with E-state index < -0.39 is 5.92 Å². The summed E-state index contributed by atoms with van der Waals surface area (Å²) < 4.78 is 10.9. The molecule has 0 bridgehead atoms. The van der Waals surface area contributed by atoms with Crippen LogP contribution in [0.15, 0.2) is 40.5 Å². The molecule has 150 valence electrons. The maximum absolute atomic E-state index is 13.1. The molecule has 1 fully saturated rings. The lowest BCUT2D eigenvalue weighted by Gasteiger charge is -2.41. The quantitative estimate of drug-likeness (QED) is 0.704. The van der Waals surface area contributed by atoms with Crippen molar-refractivity contribution in [2.45, 2.75) is 53.4 Å². The SMILES string of the molecule is CCOC(=O)C1=C(C)N=C2CC(C)(C)CC(=O)C2[C@H]1c1ccc(OCC)cc1. The summed E-state index contributed by atoms with van der Waals surface area (Å²) in [6.07, 6.45) is 1.24. The second-order valence-corrected chi connectivity index (χ2v) is 8.26. The summed E-state index contributed by atoms with van der Waals surface area (Å²) in [7, 11) is 0. The van der Waals surface area contributed by atoms with Gasteiger partial charge in [-0.05, 0) is 50.3 Å². The number of ether oxygens (including phenoxy) is 2. The molecule has 1 unspecified atom stereocenters. The van der Waals surface area contributed by atoms with Crippen LogP contribution in [0.4, 0.5) is 0 Å². The third-order valence-corrected chi connectivity index (χ3v) is 5.41. The van der Waals surface area contributed by atoms with Crippen LogP contribution in [-0.4, -0.2) is 30.7 Å². The molecule has 1 aromatic carbocycles. The minimum absolute atomic E-state index is 0.114. The van der Waals surface area contributed by atoms with Gasteiger partial charge in [-0.3, -0.25) is 9.79 Å². The predicted molar refractivity (Wildman–Crippen MR) is 109 cm³/mol. The lowest BCUT2D eigenvalue weighted by Crippen LogP contribution is -2.44. The summed E-state index contributed by atoms with van der Waals surface area (Å²) in [5.41, 5.74) is 2.82. The highest BCUT2D eigenvalue weighted by atomic mass is 16.5. The standard InChI is InChI=1S/C23H29NO4/c1-6-27-16-10-8-15(9-11-16)20-19(22(26)28-7-2)14(3)24-17-12-23(4,5)13-18(25)21(17)20/h8-11,20-21H,6-7,12-13H2,1-5H3/t20-,21?/m0/s1. The normalized spacial score (nSPS) is 23.8. The van der Waals surface area contributed by atoms with Crippen LogP contribution in [0, 0.1) is 11.3 Å². The molecule has 1 aliphatic heterocycles. The number of hydrogen-bond acceptors (Lipinski definition) is 5. The first-order valence-corrected chi connectivity index (χ1v) is 9.98. The highest BCUT2D eigenvalue weighted by Crippen LogP contribution is 2.47. The van der Waals surface area contributed by atoms with E-state index >= 15 is 0 Å². The Morgan fingerprint density at radius 2 is 1.79 bits per heavy atom. The number of allylic oxidation sites excluding steroid dienone is 1. The third kappa shape index (κ3) is 3.89. The van der Waals surface area contributed by atoms with E-state index in [2.05, 4.69) is 13.8 Å². The van der Waals surface area contributed by atoms with Crippen LogP contribution < -0.4 is 4.74 Å². The van der Waals surface area contributed by atoms with Gasteiger partial charge in [-0.25, -0.2) is 4.79 Å². The molecule has 2 atom stereocenters. The van der Waals surface area contributed by atoms with Crippen molar-refractivity contribution in [3.8, 4) is 5.75 Å². The molecular formula is C23H29NO4. The number of ketones is 1. The predicted octanol–water partition coefficient (Wildman–Crippen LogP) is 4.47. The van der Waals surface area contributed by atoms with Crippen LogP contribution in [0.2, 0.25) is 0 Å². The minimum Gasteiger partial charge on any atom is -0.494 e. The zero-order valence-electron chi connectivity index (χ0n) is 17.4. The lowest BCUT2D eigenvalue weighted by molar-refractivity contribution is -0.139. The Balaban J connectivity index is 2.10. The number of carbonyl (C=O) groups excluding carboxylic acids is 2. The van der Waals surface area contributed by atoms with Crippen molar-refractivity contribution in [2.24, 2.45) is 16.3 Å². The van der Waals surface area contributed by atoms with Crippen molar-refractivity contribution in [3.63, 3.8) is 0 Å². The van der Waals surface area contributed by atoms with Crippen molar-refractivity contribution in [2.75, 3.05) is 13.2 Å². The van der Waals surface area contributed by atoms with Gasteiger partial charge in [-0.1, -0.05) is 26.0 Å². The number of fused-ring (bicyclic) bond motifs is 1. The summed E-state index contributed by atoms with van der Waals surface area (Å²) in [4.78, 5) is 30.6. The number of nitrogens with zero attached hydrogens (tertiary/aromatic N) is 1. The Morgan fingerprint density at radius 3 is 2.39 bits per heavy atom. The first-order chi connectivity index (χ1) is 13.3. The molecule has 2 aliphatic rings. The third-order valence-electron chi connectivity index (χ3n) is 5.41. The van der Waals surface area contributed by atoms with Crippen LogP contribution in [-0.2, 0) is 14.3 Å². The van der Waals surface area contributed by atoms with Crippen molar-refractivity contribution in [1.82, 2.24) is 0 Å². The monoisotopic (exact) mass is 383 g/mol. The smallest absolute Gasteiger partial charge is 0.336 e. The van der Waals surface area contributed by atoms with Gasteiger partial charge in [0.15, 0.2) is 0 Å². The average Bonchev–Trinajstić information content (AvgIpc) is 2.60. The Hall–Kier alpha value is -2.43. The Bertz CT molecular complexity index is 833. The summed E-state index contributed by atoms with van der Waals surface area (Å²) in [5.74, 6) is -0.257. The summed E-state index contributed by atoms with van der Waals surface area (Å²) in [5, 5.41) is 0. The summed E-state index contributed by atoms with van der Waals surface area (Å²) in [6, 6.07) is 7.66. The molecule has 0 saturated heterocycles.